The van der Waals surface area contributed by atoms with Crippen molar-refractivity contribution in [3.63, 3.8) is 0 Å². The largest absolute Gasteiger partial charge is 0.489 e. The minimum atomic E-state index is -0.369. The van der Waals surface area contributed by atoms with Crippen molar-refractivity contribution >= 4 is 24.0 Å². The third-order valence-electron chi connectivity index (χ3n) is 2.44. The van der Waals surface area contributed by atoms with E-state index in [9.17, 15) is 9.18 Å². The molecule has 0 fully saturated rings. The molecule has 0 bridgehead atoms. The number of ether oxygens (including phenoxy) is 1. The lowest BCUT2D eigenvalue weighted by Crippen LogP contribution is -2.38. The Labute approximate surface area is 105 Å². The van der Waals surface area contributed by atoms with Gasteiger partial charge in [0, 0.05) is 19.0 Å². The fourth-order valence-electron chi connectivity index (χ4n) is 1.71. The molecule has 1 aliphatic heterocycles. The second kappa shape index (κ2) is 5.84. The predicted molar refractivity (Wildman–Crippen MR) is 65.2 cm³/mol. The number of hydrogen-bond donors (Lipinski definition) is 1. The molecule has 94 valence electrons. The van der Waals surface area contributed by atoms with Crippen LogP contribution in [-0.4, -0.2) is 25.6 Å². The molecule has 4 nitrogen and oxygen atoms in total. The molecule has 0 spiro atoms. The predicted octanol–water partition coefficient (Wildman–Crippen LogP) is 1.32. The van der Waals surface area contributed by atoms with Crippen molar-refractivity contribution in [2.45, 2.75) is 6.42 Å². The molecule has 1 aromatic rings. The Morgan fingerprint density at radius 1 is 1.53 bits per heavy atom. The van der Waals surface area contributed by atoms with Crippen LogP contribution in [0.25, 0.3) is 0 Å². The lowest BCUT2D eigenvalue weighted by molar-refractivity contribution is -0.118. The summed E-state index contributed by atoms with van der Waals surface area (Å²) in [4.78, 5) is 13.3. The van der Waals surface area contributed by atoms with Gasteiger partial charge in [-0.25, -0.2) is 4.39 Å². The molecule has 1 aromatic carbocycles. The first-order valence-corrected chi connectivity index (χ1v) is 5.15. The molecule has 6 heteroatoms. The van der Waals surface area contributed by atoms with Gasteiger partial charge in [0.15, 0.2) is 0 Å². The quantitative estimate of drug-likeness (QED) is 0.873. The van der Waals surface area contributed by atoms with Crippen molar-refractivity contribution < 1.29 is 13.9 Å². The minimum Gasteiger partial charge on any atom is -0.489 e. The first-order chi connectivity index (χ1) is 7.72. The SMILES string of the molecule is Cl.NCCC(=O)N1CCOc2cc(F)ccc21. The maximum Gasteiger partial charge on any atom is 0.228 e. The molecule has 0 aromatic heterocycles. The Morgan fingerprint density at radius 3 is 3.00 bits per heavy atom. The summed E-state index contributed by atoms with van der Waals surface area (Å²) in [7, 11) is 0. The van der Waals surface area contributed by atoms with Crippen LogP contribution in [0.5, 0.6) is 5.75 Å². The van der Waals surface area contributed by atoms with E-state index in [1.165, 1.54) is 12.1 Å². The lowest BCUT2D eigenvalue weighted by atomic mass is 10.2. The maximum atomic E-state index is 13.0. The van der Waals surface area contributed by atoms with Crippen molar-refractivity contribution in [2.24, 2.45) is 5.73 Å². The number of hydrogen-bond acceptors (Lipinski definition) is 3. The Kier molecular flexibility index (Phi) is 4.72. The van der Waals surface area contributed by atoms with Gasteiger partial charge in [0.25, 0.3) is 0 Å². The zero-order valence-corrected chi connectivity index (χ0v) is 10.0. The molecule has 2 N–H and O–H groups in total. The number of anilines is 1. The highest BCUT2D eigenvalue weighted by molar-refractivity contribution is 5.95. The van der Waals surface area contributed by atoms with E-state index in [-0.39, 0.29) is 30.6 Å². The molecule has 0 saturated carbocycles. The summed E-state index contributed by atoms with van der Waals surface area (Å²) in [5.74, 6) is -0.0119. The fourth-order valence-corrected chi connectivity index (χ4v) is 1.71. The van der Waals surface area contributed by atoms with Gasteiger partial charge in [-0.1, -0.05) is 0 Å². The molecule has 17 heavy (non-hydrogen) atoms. The number of carbonyl (C=O) groups excluding carboxylic acids is 1. The summed E-state index contributed by atoms with van der Waals surface area (Å²) in [6.07, 6.45) is 0.289. The number of carbonyl (C=O) groups is 1. The van der Waals surface area contributed by atoms with Crippen LogP contribution in [0, 0.1) is 5.82 Å². The first-order valence-electron chi connectivity index (χ1n) is 5.15. The summed E-state index contributed by atoms with van der Waals surface area (Å²) in [6.45, 7) is 1.18. The third-order valence-corrected chi connectivity index (χ3v) is 2.44. The summed E-state index contributed by atoms with van der Waals surface area (Å²) in [5.41, 5.74) is 5.96. The number of amides is 1. The molecule has 0 radical (unpaired) electrons. The van der Waals surface area contributed by atoms with E-state index in [1.807, 2.05) is 0 Å². The second-order valence-electron chi connectivity index (χ2n) is 3.54. The van der Waals surface area contributed by atoms with E-state index < -0.39 is 0 Å². The zero-order valence-electron chi connectivity index (χ0n) is 9.19. The molecule has 1 amide bonds. The van der Waals surface area contributed by atoms with E-state index in [0.717, 1.165) is 0 Å². The van der Waals surface area contributed by atoms with Crippen molar-refractivity contribution in [1.82, 2.24) is 0 Å². The van der Waals surface area contributed by atoms with E-state index in [4.69, 9.17) is 10.5 Å². The van der Waals surface area contributed by atoms with Gasteiger partial charge in [-0.05, 0) is 12.1 Å². The Hall–Kier alpha value is -1.33. The first kappa shape index (κ1) is 13.7. The zero-order chi connectivity index (χ0) is 11.5. The van der Waals surface area contributed by atoms with E-state index in [2.05, 4.69) is 0 Å². The van der Waals surface area contributed by atoms with Crippen LogP contribution >= 0.6 is 12.4 Å². The van der Waals surface area contributed by atoms with Gasteiger partial charge >= 0.3 is 0 Å². The van der Waals surface area contributed by atoms with E-state index >= 15 is 0 Å². The highest BCUT2D eigenvalue weighted by Gasteiger charge is 2.23. The number of rotatable bonds is 2. The van der Waals surface area contributed by atoms with Crippen molar-refractivity contribution in [1.29, 1.82) is 0 Å². The van der Waals surface area contributed by atoms with Crippen molar-refractivity contribution in [2.75, 3.05) is 24.6 Å². The van der Waals surface area contributed by atoms with Gasteiger partial charge in [0.05, 0.1) is 12.2 Å². The summed E-state index contributed by atoms with van der Waals surface area (Å²) < 4.78 is 18.3. The molecule has 0 saturated heterocycles. The standard InChI is InChI=1S/C11H13FN2O2.ClH/c12-8-1-2-9-10(7-8)16-6-5-14(9)11(15)3-4-13;/h1-2,7H,3-6,13H2;1H. The molecular weight excluding hydrogens is 247 g/mol. The third kappa shape index (κ3) is 2.87. The van der Waals surface area contributed by atoms with Crippen LogP contribution in [0.2, 0.25) is 0 Å². The van der Waals surface area contributed by atoms with Crippen LogP contribution in [0.4, 0.5) is 10.1 Å². The Bertz CT molecular complexity index is 414. The van der Waals surface area contributed by atoms with Crippen LogP contribution in [-0.2, 0) is 4.79 Å². The van der Waals surface area contributed by atoms with Crippen molar-refractivity contribution in [3.8, 4) is 5.75 Å². The van der Waals surface area contributed by atoms with Gasteiger partial charge in [0.1, 0.15) is 18.2 Å². The van der Waals surface area contributed by atoms with Gasteiger partial charge in [0.2, 0.25) is 5.91 Å². The Balaban J connectivity index is 0.00000144. The average molecular weight is 261 g/mol. The van der Waals surface area contributed by atoms with Gasteiger partial charge in [-0.15, -0.1) is 12.4 Å². The van der Waals surface area contributed by atoms with Gasteiger partial charge in [-0.2, -0.15) is 0 Å². The summed E-state index contributed by atoms with van der Waals surface area (Å²) in [6, 6.07) is 4.16. The molecule has 0 unspecified atom stereocenters. The normalized spacial score (nSPS) is 13.4. The molecular formula is C11H14ClFN2O2. The van der Waals surface area contributed by atoms with Gasteiger partial charge in [-0.3, -0.25) is 4.79 Å². The molecule has 0 atom stereocenters. The van der Waals surface area contributed by atoms with Crippen molar-refractivity contribution in [3.05, 3.63) is 24.0 Å². The summed E-state index contributed by atoms with van der Waals surface area (Å²) >= 11 is 0. The lowest BCUT2D eigenvalue weighted by Gasteiger charge is -2.29. The van der Waals surface area contributed by atoms with Crippen LogP contribution in [0.15, 0.2) is 18.2 Å². The smallest absolute Gasteiger partial charge is 0.228 e. The number of nitrogens with zero attached hydrogens (tertiary/aromatic N) is 1. The van der Waals surface area contributed by atoms with Crippen LogP contribution in [0.3, 0.4) is 0 Å². The van der Waals surface area contributed by atoms with E-state index in [1.54, 1.807) is 11.0 Å². The van der Waals surface area contributed by atoms with Crippen LogP contribution < -0.4 is 15.4 Å². The fraction of sp³-hybridized carbons (Fsp3) is 0.364. The molecule has 1 heterocycles. The molecule has 1 aliphatic rings. The topological polar surface area (TPSA) is 55.6 Å². The number of nitrogens with two attached hydrogens (primary N) is 1. The maximum absolute atomic E-state index is 13.0. The molecule has 0 aliphatic carbocycles. The Morgan fingerprint density at radius 2 is 2.29 bits per heavy atom. The van der Waals surface area contributed by atoms with E-state index in [0.29, 0.717) is 31.1 Å². The number of halogens is 2. The monoisotopic (exact) mass is 260 g/mol. The number of fused-ring (bicyclic) bond motifs is 1. The highest BCUT2D eigenvalue weighted by Crippen LogP contribution is 2.32. The number of benzene rings is 1. The van der Waals surface area contributed by atoms with Crippen LogP contribution in [0.1, 0.15) is 6.42 Å². The summed E-state index contributed by atoms with van der Waals surface area (Å²) in [5, 5.41) is 0. The highest BCUT2D eigenvalue weighted by atomic mass is 35.5. The average Bonchev–Trinajstić information content (AvgIpc) is 2.28. The minimum absolute atomic E-state index is 0. The second-order valence-corrected chi connectivity index (χ2v) is 3.54. The van der Waals surface area contributed by atoms with Gasteiger partial charge < -0.3 is 15.4 Å². The molecule has 2 rings (SSSR count).